The van der Waals surface area contributed by atoms with Gasteiger partial charge in [0.1, 0.15) is 0 Å². The Labute approximate surface area is 297 Å². The van der Waals surface area contributed by atoms with Crippen LogP contribution in [0.4, 0.5) is 0 Å². The Kier molecular flexibility index (Phi) is 41.9. The Morgan fingerprint density at radius 3 is 0.681 bits per heavy atom. The van der Waals surface area contributed by atoms with E-state index < -0.39 is 0 Å². The van der Waals surface area contributed by atoms with Crippen LogP contribution in [0, 0.1) is 0 Å². The summed E-state index contributed by atoms with van der Waals surface area (Å²) in [4.78, 5) is 0. The second kappa shape index (κ2) is 42.0. The SMILES string of the molecule is CCCCCCCCCCCCCCCCCC(CCCCO)OC(CCCCO)CCCCCCCCCCCCCCCCC. The van der Waals surface area contributed by atoms with Crippen LogP contribution in [0.1, 0.15) is 258 Å². The van der Waals surface area contributed by atoms with Gasteiger partial charge in [0.25, 0.3) is 0 Å². The predicted molar refractivity (Wildman–Crippen MR) is 210 cm³/mol. The Hall–Kier alpha value is -0.120. The van der Waals surface area contributed by atoms with Crippen LogP contribution in [0.2, 0.25) is 0 Å². The van der Waals surface area contributed by atoms with E-state index in [9.17, 15) is 10.2 Å². The van der Waals surface area contributed by atoms with Crippen molar-refractivity contribution in [2.75, 3.05) is 13.2 Å². The quantitative estimate of drug-likeness (QED) is 0.0637. The summed E-state index contributed by atoms with van der Waals surface area (Å²) in [5, 5.41) is 18.7. The summed E-state index contributed by atoms with van der Waals surface area (Å²) in [6.45, 7) is 5.19. The number of aliphatic hydroxyl groups excluding tert-OH is 2. The van der Waals surface area contributed by atoms with Gasteiger partial charge in [-0.25, -0.2) is 0 Å². The first-order chi connectivity index (χ1) is 23.3. The van der Waals surface area contributed by atoms with Gasteiger partial charge in [-0.05, 0) is 51.4 Å². The summed E-state index contributed by atoms with van der Waals surface area (Å²) < 4.78 is 6.82. The minimum absolute atomic E-state index is 0.296. The van der Waals surface area contributed by atoms with Gasteiger partial charge in [0.2, 0.25) is 0 Å². The lowest BCUT2D eigenvalue weighted by atomic mass is 10.00. The molecular formula is C44H90O3. The molecule has 0 bridgehead atoms. The monoisotopic (exact) mass is 667 g/mol. The number of hydrogen-bond donors (Lipinski definition) is 2. The molecule has 0 aliphatic carbocycles. The van der Waals surface area contributed by atoms with Crippen LogP contribution in [-0.2, 0) is 4.74 Å². The van der Waals surface area contributed by atoms with Gasteiger partial charge in [-0.15, -0.1) is 0 Å². The summed E-state index contributed by atoms with van der Waals surface area (Å²) in [7, 11) is 0. The Bertz CT molecular complexity index is 492. The van der Waals surface area contributed by atoms with Gasteiger partial charge in [-0.2, -0.15) is 0 Å². The molecule has 0 aliphatic heterocycles. The molecule has 3 heteroatoms. The zero-order chi connectivity index (χ0) is 34.1. The van der Waals surface area contributed by atoms with Crippen molar-refractivity contribution in [1.82, 2.24) is 0 Å². The first kappa shape index (κ1) is 46.9. The maximum absolute atomic E-state index is 9.36. The molecular weight excluding hydrogens is 576 g/mol. The fourth-order valence-corrected chi connectivity index (χ4v) is 7.29. The number of unbranched alkanes of at least 4 members (excludes halogenated alkanes) is 30. The van der Waals surface area contributed by atoms with Gasteiger partial charge in [-0.1, -0.05) is 206 Å². The third kappa shape index (κ3) is 38.5. The third-order valence-electron chi connectivity index (χ3n) is 10.5. The highest BCUT2D eigenvalue weighted by molar-refractivity contribution is 4.67. The molecule has 3 nitrogen and oxygen atoms in total. The van der Waals surface area contributed by atoms with Gasteiger partial charge in [0, 0.05) is 13.2 Å². The Balaban J connectivity index is 4.07. The number of rotatable bonds is 42. The Morgan fingerprint density at radius 2 is 0.468 bits per heavy atom. The van der Waals surface area contributed by atoms with Crippen LogP contribution < -0.4 is 0 Å². The van der Waals surface area contributed by atoms with Gasteiger partial charge in [0.15, 0.2) is 0 Å². The van der Waals surface area contributed by atoms with Gasteiger partial charge < -0.3 is 14.9 Å². The van der Waals surface area contributed by atoms with E-state index in [1.807, 2.05) is 0 Å². The minimum atomic E-state index is 0.296. The van der Waals surface area contributed by atoms with Crippen molar-refractivity contribution >= 4 is 0 Å². The predicted octanol–water partition coefficient (Wildman–Crippen LogP) is 14.6. The summed E-state index contributed by atoms with van der Waals surface area (Å²) >= 11 is 0. The fraction of sp³-hybridized carbons (Fsp3) is 1.00. The number of ether oxygens (including phenoxy) is 1. The van der Waals surface area contributed by atoms with E-state index in [1.165, 1.54) is 205 Å². The highest BCUT2D eigenvalue weighted by Crippen LogP contribution is 2.23. The molecule has 0 spiro atoms. The lowest BCUT2D eigenvalue weighted by Gasteiger charge is -2.26. The average Bonchev–Trinajstić information content (AvgIpc) is 3.08. The molecule has 0 amide bonds. The maximum atomic E-state index is 9.36. The first-order valence-electron chi connectivity index (χ1n) is 22.2. The maximum Gasteiger partial charge on any atom is 0.0579 e. The van der Waals surface area contributed by atoms with E-state index in [1.54, 1.807) is 0 Å². The molecule has 0 heterocycles. The zero-order valence-electron chi connectivity index (χ0n) is 32.7. The second-order valence-electron chi connectivity index (χ2n) is 15.3. The third-order valence-corrected chi connectivity index (χ3v) is 10.5. The van der Waals surface area contributed by atoms with E-state index in [0.29, 0.717) is 25.4 Å². The van der Waals surface area contributed by atoms with Gasteiger partial charge in [-0.3, -0.25) is 0 Å². The highest BCUT2D eigenvalue weighted by Gasteiger charge is 2.17. The molecule has 284 valence electrons. The minimum Gasteiger partial charge on any atom is -0.396 e. The normalized spacial score (nSPS) is 13.0. The summed E-state index contributed by atoms with van der Waals surface area (Å²) in [6.07, 6.45) is 51.4. The Morgan fingerprint density at radius 1 is 0.277 bits per heavy atom. The smallest absolute Gasteiger partial charge is 0.0579 e. The fourth-order valence-electron chi connectivity index (χ4n) is 7.29. The highest BCUT2D eigenvalue weighted by atomic mass is 16.5. The van der Waals surface area contributed by atoms with E-state index in [4.69, 9.17) is 4.74 Å². The van der Waals surface area contributed by atoms with Crippen molar-refractivity contribution in [3.05, 3.63) is 0 Å². The van der Waals surface area contributed by atoms with Crippen molar-refractivity contribution < 1.29 is 14.9 Å². The van der Waals surface area contributed by atoms with Crippen molar-refractivity contribution in [3.8, 4) is 0 Å². The molecule has 0 rings (SSSR count). The van der Waals surface area contributed by atoms with Crippen LogP contribution in [0.25, 0.3) is 0 Å². The summed E-state index contributed by atoms with van der Waals surface area (Å²) in [6, 6.07) is 0. The van der Waals surface area contributed by atoms with Crippen molar-refractivity contribution in [2.45, 2.75) is 270 Å². The molecule has 2 unspecified atom stereocenters. The molecule has 0 saturated heterocycles. The molecule has 0 aromatic heterocycles. The van der Waals surface area contributed by atoms with Crippen LogP contribution in [0.3, 0.4) is 0 Å². The van der Waals surface area contributed by atoms with Crippen molar-refractivity contribution in [1.29, 1.82) is 0 Å². The average molecular weight is 667 g/mol. The molecule has 0 saturated carbocycles. The lowest BCUT2D eigenvalue weighted by Crippen LogP contribution is -2.23. The molecule has 0 aromatic carbocycles. The molecule has 0 aliphatic rings. The molecule has 0 radical (unpaired) electrons. The van der Waals surface area contributed by atoms with Crippen LogP contribution in [0.5, 0.6) is 0 Å². The van der Waals surface area contributed by atoms with E-state index in [0.717, 1.165) is 38.5 Å². The number of hydrogen-bond acceptors (Lipinski definition) is 3. The molecule has 0 aromatic rings. The molecule has 0 fully saturated rings. The van der Waals surface area contributed by atoms with Crippen molar-refractivity contribution in [3.63, 3.8) is 0 Å². The van der Waals surface area contributed by atoms with Gasteiger partial charge >= 0.3 is 0 Å². The van der Waals surface area contributed by atoms with E-state index in [-0.39, 0.29) is 0 Å². The molecule has 2 N–H and O–H groups in total. The van der Waals surface area contributed by atoms with E-state index >= 15 is 0 Å². The standard InChI is InChI=1S/C44H90O3/c1-3-5-7-9-11-13-15-17-19-21-23-25-27-29-31-37-43(39-33-35-41-45)47-44(40-34-36-42-46)38-32-30-28-26-24-22-20-18-16-14-12-10-8-6-4-2/h43-46H,3-42H2,1-2H3. The molecule has 2 atom stereocenters. The second-order valence-corrected chi connectivity index (χ2v) is 15.3. The van der Waals surface area contributed by atoms with Crippen LogP contribution >= 0.6 is 0 Å². The zero-order valence-corrected chi connectivity index (χ0v) is 32.7. The van der Waals surface area contributed by atoms with Crippen LogP contribution in [0.15, 0.2) is 0 Å². The summed E-state index contributed by atoms with van der Waals surface area (Å²) in [5.74, 6) is 0. The van der Waals surface area contributed by atoms with Gasteiger partial charge in [0.05, 0.1) is 12.2 Å². The first-order valence-corrected chi connectivity index (χ1v) is 22.2. The van der Waals surface area contributed by atoms with E-state index in [2.05, 4.69) is 13.8 Å². The molecule has 47 heavy (non-hydrogen) atoms. The topological polar surface area (TPSA) is 49.7 Å². The number of aliphatic hydroxyl groups is 2. The van der Waals surface area contributed by atoms with Crippen LogP contribution in [-0.4, -0.2) is 35.6 Å². The van der Waals surface area contributed by atoms with Crippen molar-refractivity contribution in [2.24, 2.45) is 0 Å². The summed E-state index contributed by atoms with van der Waals surface area (Å²) in [5.41, 5.74) is 0. The lowest BCUT2D eigenvalue weighted by molar-refractivity contribution is -0.0330. The largest absolute Gasteiger partial charge is 0.396 e.